The van der Waals surface area contributed by atoms with Crippen LogP contribution in [0.4, 0.5) is 5.82 Å². The van der Waals surface area contributed by atoms with Gasteiger partial charge in [-0.15, -0.1) is 0 Å². The summed E-state index contributed by atoms with van der Waals surface area (Å²) in [6.45, 7) is 8.69. The van der Waals surface area contributed by atoms with Gasteiger partial charge in [0.25, 0.3) is 0 Å². The van der Waals surface area contributed by atoms with E-state index in [2.05, 4.69) is 28.6 Å². The summed E-state index contributed by atoms with van der Waals surface area (Å²) in [4.78, 5) is 9.40. The number of aromatic nitrogens is 1. The normalized spacial score (nSPS) is 20.2. The van der Waals surface area contributed by atoms with Gasteiger partial charge in [-0.3, -0.25) is 4.90 Å². The van der Waals surface area contributed by atoms with Crippen molar-refractivity contribution in [2.75, 3.05) is 37.7 Å². The standard InChI is InChI=1S/C17H25N3O2/c1-13(2)11-19-7-8-20(12-14(19)4-9-21)17-15-5-10-22-16(15)3-6-18-17/h3,5-6,10,13-14,21H,4,7-9,11-12H2,1-2H3. The first-order chi connectivity index (χ1) is 10.7. The van der Waals surface area contributed by atoms with Crippen LogP contribution in [0, 0.1) is 5.92 Å². The molecule has 3 rings (SSSR count). The number of aliphatic hydroxyl groups is 1. The van der Waals surface area contributed by atoms with Crippen LogP contribution in [0.3, 0.4) is 0 Å². The third-order valence-electron chi connectivity index (χ3n) is 4.32. The molecule has 1 aliphatic rings. The molecule has 120 valence electrons. The summed E-state index contributed by atoms with van der Waals surface area (Å²) in [5, 5.41) is 10.5. The van der Waals surface area contributed by atoms with Crippen LogP contribution in [0.1, 0.15) is 20.3 Å². The number of fused-ring (bicyclic) bond motifs is 1. The Balaban J connectivity index is 1.80. The van der Waals surface area contributed by atoms with Gasteiger partial charge in [-0.1, -0.05) is 13.8 Å². The molecule has 1 atom stereocenters. The Kier molecular flexibility index (Phi) is 4.64. The molecule has 0 amide bonds. The summed E-state index contributed by atoms with van der Waals surface area (Å²) in [5.74, 6) is 1.64. The van der Waals surface area contributed by atoms with Crippen LogP contribution >= 0.6 is 0 Å². The minimum absolute atomic E-state index is 0.233. The number of rotatable bonds is 5. The Hall–Kier alpha value is -1.59. The van der Waals surface area contributed by atoms with Crippen molar-refractivity contribution < 1.29 is 9.52 Å². The van der Waals surface area contributed by atoms with Gasteiger partial charge in [-0.25, -0.2) is 4.98 Å². The minimum Gasteiger partial charge on any atom is -0.464 e. The maximum Gasteiger partial charge on any atom is 0.139 e. The second kappa shape index (κ2) is 6.67. The number of hydrogen-bond donors (Lipinski definition) is 1. The molecule has 0 spiro atoms. The number of pyridine rings is 1. The van der Waals surface area contributed by atoms with Crippen molar-refractivity contribution in [3.05, 3.63) is 24.6 Å². The maximum absolute atomic E-state index is 9.39. The van der Waals surface area contributed by atoms with E-state index < -0.39 is 0 Å². The zero-order chi connectivity index (χ0) is 15.5. The Morgan fingerprint density at radius 1 is 1.36 bits per heavy atom. The van der Waals surface area contributed by atoms with Gasteiger partial charge in [0.05, 0.1) is 11.6 Å². The number of aliphatic hydroxyl groups excluding tert-OH is 1. The van der Waals surface area contributed by atoms with Crippen LogP contribution < -0.4 is 4.90 Å². The van der Waals surface area contributed by atoms with Gasteiger partial charge >= 0.3 is 0 Å². The first-order valence-corrected chi connectivity index (χ1v) is 8.11. The van der Waals surface area contributed by atoms with E-state index in [1.165, 1.54) is 0 Å². The van der Waals surface area contributed by atoms with E-state index in [9.17, 15) is 5.11 Å². The molecule has 1 fully saturated rings. The summed E-state index contributed by atoms with van der Waals surface area (Å²) in [5.41, 5.74) is 0.883. The Morgan fingerprint density at radius 2 is 2.23 bits per heavy atom. The molecule has 2 aromatic rings. The molecule has 1 aliphatic heterocycles. The fourth-order valence-corrected chi connectivity index (χ4v) is 3.35. The summed E-state index contributed by atoms with van der Waals surface area (Å²) < 4.78 is 5.48. The van der Waals surface area contributed by atoms with E-state index in [4.69, 9.17) is 4.42 Å². The van der Waals surface area contributed by atoms with Crippen molar-refractivity contribution in [2.45, 2.75) is 26.3 Å². The highest BCUT2D eigenvalue weighted by atomic mass is 16.3. The molecule has 22 heavy (non-hydrogen) atoms. The van der Waals surface area contributed by atoms with Crippen LogP contribution in [0.25, 0.3) is 11.0 Å². The van der Waals surface area contributed by atoms with Crippen molar-refractivity contribution in [1.82, 2.24) is 9.88 Å². The van der Waals surface area contributed by atoms with Crippen molar-refractivity contribution in [3.63, 3.8) is 0 Å². The second-order valence-electron chi connectivity index (χ2n) is 6.47. The van der Waals surface area contributed by atoms with Crippen molar-refractivity contribution in [2.24, 2.45) is 5.92 Å². The molecule has 0 saturated carbocycles. The molecule has 1 saturated heterocycles. The fourth-order valence-electron chi connectivity index (χ4n) is 3.35. The smallest absolute Gasteiger partial charge is 0.139 e. The lowest BCUT2D eigenvalue weighted by Gasteiger charge is -2.42. The van der Waals surface area contributed by atoms with Gasteiger partial charge < -0.3 is 14.4 Å². The van der Waals surface area contributed by atoms with Gasteiger partial charge in [0.1, 0.15) is 11.4 Å². The number of nitrogens with zero attached hydrogens (tertiary/aromatic N) is 3. The van der Waals surface area contributed by atoms with E-state index in [1.807, 2.05) is 18.3 Å². The highest BCUT2D eigenvalue weighted by Crippen LogP contribution is 2.27. The van der Waals surface area contributed by atoms with Crippen LogP contribution in [0.2, 0.25) is 0 Å². The molecule has 0 aliphatic carbocycles. The van der Waals surface area contributed by atoms with Crippen molar-refractivity contribution >= 4 is 16.8 Å². The average Bonchev–Trinajstić information content (AvgIpc) is 2.97. The Labute approximate surface area is 131 Å². The summed E-state index contributed by atoms with van der Waals surface area (Å²) >= 11 is 0. The average molecular weight is 303 g/mol. The van der Waals surface area contributed by atoms with Crippen molar-refractivity contribution in [3.8, 4) is 0 Å². The van der Waals surface area contributed by atoms with Gasteiger partial charge in [0.15, 0.2) is 0 Å². The van der Waals surface area contributed by atoms with E-state index in [0.717, 1.165) is 49.4 Å². The fraction of sp³-hybridized carbons (Fsp3) is 0.588. The van der Waals surface area contributed by atoms with E-state index in [0.29, 0.717) is 12.0 Å². The zero-order valence-corrected chi connectivity index (χ0v) is 13.4. The van der Waals surface area contributed by atoms with Crippen LogP contribution in [-0.2, 0) is 0 Å². The second-order valence-corrected chi connectivity index (χ2v) is 6.47. The van der Waals surface area contributed by atoms with Crippen molar-refractivity contribution in [1.29, 1.82) is 0 Å². The Bertz CT molecular complexity index is 611. The molecule has 0 radical (unpaired) electrons. The molecule has 2 aromatic heterocycles. The molecule has 5 heteroatoms. The lowest BCUT2D eigenvalue weighted by atomic mass is 10.1. The third-order valence-corrected chi connectivity index (χ3v) is 4.32. The molecule has 5 nitrogen and oxygen atoms in total. The van der Waals surface area contributed by atoms with Crippen LogP contribution in [-0.4, -0.2) is 53.8 Å². The third kappa shape index (κ3) is 3.10. The number of piperazine rings is 1. The first kappa shape index (κ1) is 15.3. The van der Waals surface area contributed by atoms with Crippen LogP contribution in [0.5, 0.6) is 0 Å². The monoisotopic (exact) mass is 303 g/mol. The van der Waals surface area contributed by atoms with Gasteiger partial charge in [0.2, 0.25) is 0 Å². The Morgan fingerprint density at radius 3 is 3.00 bits per heavy atom. The minimum atomic E-state index is 0.233. The zero-order valence-electron chi connectivity index (χ0n) is 13.4. The molecular formula is C17H25N3O2. The molecule has 3 heterocycles. The summed E-state index contributed by atoms with van der Waals surface area (Å²) in [7, 11) is 0. The first-order valence-electron chi connectivity index (χ1n) is 8.11. The molecular weight excluding hydrogens is 278 g/mol. The number of hydrogen-bond acceptors (Lipinski definition) is 5. The quantitative estimate of drug-likeness (QED) is 0.919. The topological polar surface area (TPSA) is 52.7 Å². The maximum atomic E-state index is 9.39. The lowest BCUT2D eigenvalue weighted by molar-refractivity contribution is 0.129. The summed E-state index contributed by atoms with van der Waals surface area (Å²) in [6, 6.07) is 4.27. The molecule has 0 bridgehead atoms. The predicted molar refractivity (Wildman–Crippen MR) is 88.1 cm³/mol. The van der Waals surface area contributed by atoms with E-state index >= 15 is 0 Å². The van der Waals surface area contributed by atoms with Crippen LogP contribution in [0.15, 0.2) is 29.0 Å². The SMILES string of the molecule is CC(C)CN1CCN(c2nccc3occc23)CC1CCO. The molecule has 1 unspecified atom stereocenters. The highest BCUT2D eigenvalue weighted by molar-refractivity contribution is 5.88. The summed E-state index contributed by atoms with van der Waals surface area (Å²) in [6.07, 6.45) is 4.34. The number of anilines is 1. The predicted octanol–water partition coefficient (Wildman–Crippen LogP) is 2.36. The van der Waals surface area contributed by atoms with Gasteiger partial charge in [-0.2, -0.15) is 0 Å². The van der Waals surface area contributed by atoms with E-state index in [1.54, 1.807) is 6.26 Å². The highest BCUT2D eigenvalue weighted by Gasteiger charge is 2.28. The largest absolute Gasteiger partial charge is 0.464 e. The lowest BCUT2D eigenvalue weighted by Crippen LogP contribution is -2.54. The molecule has 1 N–H and O–H groups in total. The molecule has 0 aromatic carbocycles. The van der Waals surface area contributed by atoms with E-state index in [-0.39, 0.29) is 6.61 Å². The number of furan rings is 1. The van der Waals surface area contributed by atoms with Gasteiger partial charge in [0, 0.05) is 45.0 Å². The van der Waals surface area contributed by atoms with Gasteiger partial charge in [-0.05, 0) is 24.5 Å².